The van der Waals surface area contributed by atoms with E-state index in [4.69, 9.17) is 5.11 Å². The Bertz CT molecular complexity index is 855. The molecule has 0 spiro atoms. The van der Waals surface area contributed by atoms with Crippen LogP contribution in [0.1, 0.15) is 5.56 Å². The van der Waals surface area contributed by atoms with E-state index < -0.39 is 27.6 Å². The molecule has 0 aliphatic heterocycles. The normalized spacial score (nSPS) is 11.4. The van der Waals surface area contributed by atoms with Crippen molar-refractivity contribution in [2.24, 2.45) is 0 Å². The summed E-state index contributed by atoms with van der Waals surface area (Å²) in [7, 11) is -3.76. The van der Waals surface area contributed by atoms with Gasteiger partial charge in [0.2, 0.25) is 10.0 Å². The molecule has 0 atom stereocenters. The first-order valence-electron chi connectivity index (χ1n) is 7.16. The summed E-state index contributed by atoms with van der Waals surface area (Å²) >= 11 is 0.874. The summed E-state index contributed by atoms with van der Waals surface area (Å²) < 4.78 is 53.1. The van der Waals surface area contributed by atoms with Crippen LogP contribution in [0.5, 0.6) is 0 Å². The summed E-state index contributed by atoms with van der Waals surface area (Å²) in [5.41, 5.74) is 0.569. The number of nitrogens with one attached hydrogen (secondary N) is 1. The van der Waals surface area contributed by atoms with E-state index in [0.717, 1.165) is 36.0 Å². The number of rotatable bonds is 8. The fourth-order valence-corrected chi connectivity index (χ4v) is 3.66. The van der Waals surface area contributed by atoms with Crippen LogP contribution in [0.25, 0.3) is 0 Å². The quantitative estimate of drug-likeness (QED) is 0.681. The van der Waals surface area contributed by atoms with Crippen molar-refractivity contribution in [3.05, 3.63) is 59.7 Å². The van der Waals surface area contributed by atoms with Gasteiger partial charge >= 0.3 is 5.97 Å². The summed E-state index contributed by atoms with van der Waals surface area (Å²) in [5, 5.41) is 8.59. The molecule has 0 aromatic heterocycles. The molecule has 0 amide bonds. The van der Waals surface area contributed by atoms with Crippen LogP contribution < -0.4 is 4.72 Å². The average Bonchev–Trinajstić information content (AvgIpc) is 2.54. The van der Waals surface area contributed by atoms with E-state index in [1.807, 2.05) is 0 Å². The molecule has 0 saturated heterocycles. The molecule has 0 radical (unpaired) electrons. The fraction of sp³-hybridized carbons (Fsp3) is 0.188. The van der Waals surface area contributed by atoms with Gasteiger partial charge in [0.25, 0.3) is 0 Å². The average molecular weight is 387 g/mol. The van der Waals surface area contributed by atoms with E-state index >= 15 is 0 Å². The van der Waals surface area contributed by atoms with Crippen LogP contribution in [-0.2, 0) is 21.2 Å². The Balaban J connectivity index is 1.94. The summed E-state index contributed by atoms with van der Waals surface area (Å²) in [6.45, 7) is 0.0424. The second kappa shape index (κ2) is 8.41. The lowest BCUT2D eigenvalue weighted by Gasteiger charge is -2.08. The number of carboxylic acid groups (broad SMARTS) is 1. The second-order valence-electron chi connectivity index (χ2n) is 5.05. The molecule has 0 fully saturated rings. The van der Waals surface area contributed by atoms with Crippen LogP contribution in [0.2, 0.25) is 0 Å². The van der Waals surface area contributed by atoms with Gasteiger partial charge in [-0.3, -0.25) is 4.79 Å². The smallest absolute Gasteiger partial charge is 0.313 e. The maximum Gasteiger partial charge on any atom is 0.313 e. The maximum atomic E-state index is 13.9. The first kappa shape index (κ1) is 19.4. The molecule has 0 aliphatic carbocycles. The minimum absolute atomic E-state index is 0.0424. The Morgan fingerprint density at radius 2 is 1.80 bits per heavy atom. The minimum atomic E-state index is -3.76. The van der Waals surface area contributed by atoms with E-state index in [0.29, 0.717) is 5.56 Å². The Labute approximate surface area is 148 Å². The van der Waals surface area contributed by atoms with Gasteiger partial charge in [-0.1, -0.05) is 6.07 Å². The molecule has 0 unspecified atom stereocenters. The molecule has 0 saturated carbocycles. The van der Waals surface area contributed by atoms with Gasteiger partial charge in [0, 0.05) is 11.4 Å². The second-order valence-corrected chi connectivity index (χ2v) is 7.83. The first-order chi connectivity index (χ1) is 11.8. The van der Waals surface area contributed by atoms with Crippen LogP contribution in [0.15, 0.2) is 52.3 Å². The van der Waals surface area contributed by atoms with Crippen molar-refractivity contribution < 1.29 is 27.1 Å². The Hall–Kier alpha value is -1.97. The van der Waals surface area contributed by atoms with E-state index in [1.165, 1.54) is 12.1 Å². The third-order valence-corrected chi connectivity index (χ3v) is 5.69. The van der Waals surface area contributed by atoms with E-state index in [1.54, 1.807) is 6.07 Å². The number of halogens is 2. The molecule has 2 aromatic rings. The highest BCUT2D eigenvalue weighted by molar-refractivity contribution is 8.00. The number of hydrogen-bond acceptors (Lipinski definition) is 4. The summed E-state index contributed by atoms with van der Waals surface area (Å²) in [4.78, 5) is 10.7. The molecule has 2 N–H and O–H groups in total. The zero-order chi connectivity index (χ0) is 18.4. The number of carbonyl (C=O) groups is 1. The third kappa shape index (κ3) is 5.80. The lowest BCUT2D eigenvalue weighted by molar-refractivity contribution is -0.133. The zero-order valence-corrected chi connectivity index (χ0v) is 14.5. The van der Waals surface area contributed by atoms with E-state index in [2.05, 4.69) is 4.72 Å². The highest BCUT2D eigenvalue weighted by Gasteiger charge is 2.13. The lowest BCUT2D eigenvalue weighted by atomic mass is 10.1. The van der Waals surface area contributed by atoms with Crippen molar-refractivity contribution in [2.45, 2.75) is 16.2 Å². The van der Waals surface area contributed by atoms with Crippen LogP contribution in [0.3, 0.4) is 0 Å². The molecular formula is C16H15F2NO4S2. The van der Waals surface area contributed by atoms with Gasteiger partial charge in [-0.25, -0.2) is 21.9 Å². The predicted molar refractivity (Wildman–Crippen MR) is 90.1 cm³/mol. The van der Waals surface area contributed by atoms with Crippen molar-refractivity contribution in [1.82, 2.24) is 4.72 Å². The molecule has 2 aromatic carbocycles. The van der Waals surface area contributed by atoms with E-state index in [9.17, 15) is 22.0 Å². The topological polar surface area (TPSA) is 83.5 Å². The molecule has 134 valence electrons. The predicted octanol–water partition coefficient (Wildman–Crippen LogP) is 2.66. The van der Waals surface area contributed by atoms with Gasteiger partial charge in [0.05, 0.1) is 10.6 Å². The van der Waals surface area contributed by atoms with Crippen molar-refractivity contribution in [1.29, 1.82) is 0 Å². The monoisotopic (exact) mass is 387 g/mol. The molecule has 5 nitrogen and oxygen atoms in total. The number of sulfonamides is 1. The molecule has 25 heavy (non-hydrogen) atoms. The molecular weight excluding hydrogens is 372 g/mol. The van der Waals surface area contributed by atoms with Gasteiger partial charge in [-0.15, -0.1) is 11.8 Å². The Morgan fingerprint density at radius 1 is 1.12 bits per heavy atom. The third-order valence-electron chi connectivity index (χ3n) is 3.18. The number of thioether (sulfide) groups is 1. The van der Waals surface area contributed by atoms with Gasteiger partial charge in [0.15, 0.2) is 0 Å². The minimum Gasteiger partial charge on any atom is -0.481 e. The van der Waals surface area contributed by atoms with Gasteiger partial charge in [0.1, 0.15) is 11.6 Å². The van der Waals surface area contributed by atoms with Crippen molar-refractivity contribution >= 4 is 27.8 Å². The lowest BCUT2D eigenvalue weighted by Crippen LogP contribution is -2.26. The van der Waals surface area contributed by atoms with E-state index in [-0.39, 0.29) is 28.5 Å². The fourth-order valence-electron chi connectivity index (χ4n) is 1.98. The highest BCUT2D eigenvalue weighted by Crippen LogP contribution is 2.22. The van der Waals surface area contributed by atoms with Crippen molar-refractivity contribution in [3.63, 3.8) is 0 Å². The summed E-state index contributed by atoms with van der Waals surface area (Å²) in [6.07, 6.45) is 0.251. The SMILES string of the molecule is O=C(O)CSc1ccc(CCNS(=O)(=O)c2ccc(F)cc2)cc1F. The molecule has 0 heterocycles. The van der Waals surface area contributed by atoms with Crippen molar-refractivity contribution in [3.8, 4) is 0 Å². The molecule has 0 aliphatic rings. The van der Waals surface area contributed by atoms with Crippen LogP contribution in [0, 0.1) is 11.6 Å². The standard InChI is InChI=1S/C16H15F2NO4S2/c17-12-2-4-13(5-3-12)25(22,23)19-8-7-11-1-6-15(14(18)9-11)24-10-16(20)21/h1-6,9,19H,7-8,10H2,(H,20,21). The Morgan fingerprint density at radius 3 is 2.40 bits per heavy atom. The number of benzene rings is 2. The zero-order valence-electron chi connectivity index (χ0n) is 12.9. The molecule has 0 bridgehead atoms. The maximum absolute atomic E-state index is 13.9. The number of carboxylic acids is 1. The van der Waals surface area contributed by atoms with Crippen molar-refractivity contribution in [2.75, 3.05) is 12.3 Å². The van der Waals surface area contributed by atoms with Crippen LogP contribution in [-0.4, -0.2) is 31.8 Å². The van der Waals surface area contributed by atoms with Crippen LogP contribution in [0.4, 0.5) is 8.78 Å². The Kier molecular flexibility index (Phi) is 6.51. The first-order valence-corrected chi connectivity index (χ1v) is 9.63. The molecule has 2 rings (SSSR count). The number of aliphatic carboxylic acids is 1. The highest BCUT2D eigenvalue weighted by atomic mass is 32.2. The van der Waals surface area contributed by atoms with Gasteiger partial charge in [-0.2, -0.15) is 0 Å². The number of hydrogen-bond donors (Lipinski definition) is 2. The largest absolute Gasteiger partial charge is 0.481 e. The summed E-state index contributed by atoms with van der Waals surface area (Å²) in [6, 6.07) is 8.75. The van der Waals surface area contributed by atoms with Gasteiger partial charge in [-0.05, 0) is 48.4 Å². The summed E-state index contributed by atoms with van der Waals surface area (Å²) in [5.74, 6) is -2.36. The molecule has 9 heteroatoms. The van der Waals surface area contributed by atoms with Gasteiger partial charge < -0.3 is 5.11 Å². The van der Waals surface area contributed by atoms with Crippen LogP contribution >= 0.6 is 11.8 Å².